The minimum atomic E-state index is -1.05. The molecule has 0 bridgehead atoms. The van der Waals surface area contributed by atoms with E-state index < -0.39 is 5.97 Å². The van der Waals surface area contributed by atoms with Gasteiger partial charge in [0.1, 0.15) is 11.4 Å². The van der Waals surface area contributed by atoms with Gasteiger partial charge in [0, 0.05) is 5.56 Å². The monoisotopic (exact) mass is 320 g/mol. The third-order valence-corrected chi connectivity index (χ3v) is 4.24. The fourth-order valence-electron chi connectivity index (χ4n) is 2.50. The second kappa shape index (κ2) is 6.01. The van der Waals surface area contributed by atoms with Gasteiger partial charge in [-0.15, -0.1) is 0 Å². The Bertz CT molecular complexity index is 707. The van der Waals surface area contributed by atoms with Crippen molar-refractivity contribution in [2.45, 2.75) is 26.2 Å². The topological polar surface area (TPSA) is 75.2 Å². The number of carbonyl (C=O) groups is 1. The molecular weight excluding hydrogens is 304 g/mol. The van der Waals surface area contributed by atoms with Gasteiger partial charge >= 0.3 is 5.97 Å². The van der Waals surface area contributed by atoms with E-state index in [1.54, 1.807) is 0 Å². The van der Waals surface area contributed by atoms with E-state index >= 15 is 0 Å². The van der Waals surface area contributed by atoms with Crippen LogP contribution in [0.15, 0.2) is 18.2 Å². The standard InChI is InChI=1S/C16H17ClN2O3/c1-9-5-11(13-7-14(16(20)21)19-18-13)15(12(17)6-9)22-8-10-3-2-4-10/h5-7,10H,2-4,8H2,1H3,(H,18,19)(H,20,21). The fourth-order valence-corrected chi connectivity index (χ4v) is 2.82. The third-order valence-electron chi connectivity index (χ3n) is 3.96. The molecule has 1 aliphatic carbocycles. The lowest BCUT2D eigenvalue weighted by atomic mass is 9.86. The molecule has 1 aliphatic rings. The lowest BCUT2D eigenvalue weighted by molar-refractivity contribution is 0.0690. The molecule has 1 aromatic heterocycles. The molecule has 3 rings (SSSR count). The molecule has 0 radical (unpaired) electrons. The van der Waals surface area contributed by atoms with E-state index in [2.05, 4.69) is 10.2 Å². The van der Waals surface area contributed by atoms with Crippen LogP contribution in [0.3, 0.4) is 0 Å². The van der Waals surface area contributed by atoms with E-state index in [4.69, 9.17) is 21.4 Å². The summed E-state index contributed by atoms with van der Waals surface area (Å²) >= 11 is 6.32. The number of ether oxygens (including phenoxy) is 1. The summed E-state index contributed by atoms with van der Waals surface area (Å²) in [5.41, 5.74) is 2.24. The van der Waals surface area contributed by atoms with Crippen molar-refractivity contribution in [2.75, 3.05) is 6.61 Å². The van der Waals surface area contributed by atoms with Crippen molar-refractivity contribution in [2.24, 2.45) is 5.92 Å². The number of H-pyrrole nitrogens is 1. The van der Waals surface area contributed by atoms with Crippen molar-refractivity contribution < 1.29 is 14.6 Å². The summed E-state index contributed by atoms with van der Waals surface area (Å²) in [4.78, 5) is 11.0. The number of aromatic carboxylic acids is 1. The molecule has 2 N–H and O–H groups in total. The molecule has 0 amide bonds. The second-order valence-electron chi connectivity index (χ2n) is 5.70. The fraction of sp³-hybridized carbons (Fsp3) is 0.375. The summed E-state index contributed by atoms with van der Waals surface area (Å²) in [6, 6.07) is 5.24. The zero-order valence-electron chi connectivity index (χ0n) is 12.2. The number of nitrogens with zero attached hydrogens (tertiary/aromatic N) is 1. The van der Waals surface area contributed by atoms with Gasteiger partial charge in [-0.3, -0.25) is 5.10 Å². The average molecular weight is 321 g/mol. The van der Waals surface area contributed by atoms with Gasteiger partial charge < -0.3 is 9.84 Å². The highest BCUT2D eigenvalue weighted by Crippen LogP contribution is 2.38. The van der Waals surface area contributed by atoms with Crippen LogP contribution in [0.1, 0.15) is 35.3 Å². The molecule has 2 aromatic rings. The van der Waals surface area contributed by atoms with Crippen molar-refractivity contribution in [3.63, 3.8) is 0 Å². The molecule has 0 aliphatic heterocycles. The van der Waals surface area contributed by atoms with Crippen LogP contribution in [0.25, 0.3) is 11.3 Å². The minimum Gasteiger partial charge on any atom is -0.491 e. The lowest BCUT2D eigenvalue weighted by Gasteiger charge is -2.26. The maximum absolute atomic E-state index is 11.0. The molecule has 116 valence electrons. The Morgan fingerprint density at radius 3 is 2.82 bits per heavy atom. The maximum atomic E-state index is 11.0. The summed E-state index contributed by atoms with van der Waals surface area (Å²) in [5, 5.41) is 16.1. The predicted octanol–water partition coefficient (Wildman–Crippen LogP) is 3.92. The van der Waals surface area contributed by atoms with Gasteiger partial charge in [-0.05, 0) is 49.4 Å². The Labute approximate surface area is 133 Å². The van der Waals surface area contributed by atoms with Crippen LogP contribution < -0.4 is 4.74 Å². The number of carboxylic acid groups (broad SMARTS) is 1. The Balaban J connectivity index is 1.94. The second-order valence-corrected chi connectivity index (χ2v) is 6.11. The molecule has 6 heteroatoms. The van der Waals surface area contributed by atoms with Gasteiger partial charge in [-0.2, -0.15) is 5.10 Å². The highest BCUT2D eigenvalue weighted by molar-refractivity contribution is 6.32. The number of aromatic amines is 1. The quantitative estimate of drug-likeness (QED) is 0.875. The summed E-state index contributed by atoms with van der Waals surface area (Å²) in [6.45, 7) is 2.56. The molecule has 0 spiro atoms. The maximum Gasteiger partial charge on any atom is 0.353 e. The molecule has 1 aromatic carbocycles. The Kier molecular flexibility index (Phi) is 4.07. The molecule has 1 fully saturated rings. The number of halogens is 1. The predicted molar refractivity (Wildman–Crippen MR) is 83.6 cm³/mol. The molecule has 0 atom stereocenters. The first-order valence-corrected chi connectivity index (χ1v) is 7.64. The molecule has 0 saturated heterocycles. The van der Waals surface area contributed by atoms with Gasteiger partial charge in [0.25, 0.3) is 0 Å². The van der Waals surface area contributed by atoms with Crippen LogP contribution in [0.5, 0.6) is 5.75 Å². The van der Waals surface area contributed by atoms with Gasteiger partial charge in [0.2, 0.25) is 0 Å². The van der Waals surface area contributed by atoms with E-state index in [1.807, 2.05) is 19.1 Å². The van der Waals surface area contributed by atoms with E-state index in [-0.39, 0.29) is 5.69 Å². The Hall–Kier alpha value is -2.01. The van der Waals surface area contributed by atoms with Gasteiger partial charge in [-0.1, -0.05) is 18.0 Å². The number of benzene rings is 1. The zero-order valence-corrected chi connectivity index (χ0v) is 13.0. The molecule has 0 unspecified atom stereocenters. The molecule has 5 nitrogen and oxygen atoms in total. The van der Waals surface area contributed by atoms with Gasteiger partial charge in [-0.25, -0.2) is 4.79 Å². The molecular formula is C16H17ClN2O3. The zero-order chi connectivity index (χ0) is 15.7. The average Bonchev–Trinajstić information content (AvgIpc) is 2.88. The van der Waals surface area contributed by atoms with Gasteiger partial charge in [0.05, 0.1) is 17.3 Å². The van der Waals surface area contributed by atoms with Gasteiger partial charge in [0.15, 0.2) is 0 Å². The number of hydrogen-bond acceptors (Lipinski definition) is 3. The number of hydrogen-bond donors (Lipinski definition) is 2. The summed E-state index contributed by atoms with van der Waals surface area (Å²) < 4.78 is 5.92. The molecule has 22 heavy (non-hydrogen) atoms. The van der Waals surface area contributed by atoms with Crippen LogP contribution in [-0.2, 0) is 0 Å². The highest BCUT2D eigenvalue weighted by Gasteiger charge is 2.21. The largest absolute Gasteiger partial charge is 0.491 e. The third kappa shape index (κ3) is 2.95. The van der Waals surface area contributed by atoms with Crippen LogP contribution >= 0.6 is 11.6 Å². The summed E-state index contributed by atoms with van der Waals surface area (Å²) in [7, 11) is 0. The SMILES string of the molecule is Cc1cc(Cl)c(OCC2CCC2)c(-c2cc(C(=O)O)[nH]n2)c1. The van der Waals surface area contributed by atoms with Crippen molar-refractivity contribution in [1.29, 1.82) is 0 Å². The Morgan fingerprint density at radius 1 is 1.45 bits per heavy atom. The number of aromatic nitrogens is 2. The van der Waals surface area contributed by atoms with Crippen molar-refractivity contribution in [1.82, 2.24) is 10.2 Å². The van der Waals surface area contributed by atoms with E-state index in [9.17, 15) is 4.79 Å². The number of rotatable bonds is 5. The number of aryl methyl sites for hydroxylation is 1. The highest BCUT2D eigenvalue weighted by atomic mass is 35.5. The van der Waals surface area contributed by atoms with Crippen LogP contribution in [0, 0.1) is 12.8 Å². The normalized spacial score (nSPS) is 14.6. The number of carboxylic acids is 1. The van der Waals surface area contributed by atoms with Crippen molar-refractivity contribution in [3.8, 4) is 17.0 Å². The van der Waals surface area contributed by atoms with Crippen LogP contribution in [0.4, 0.5) is 0 Å². The first-order valence-electron chi connectivity index (χ1n) is 7.26. The van der Waals surface area contributed by atoms with E-state index in [1.165, 1.54) is 25.3 Å². The van der Waals surface area contributed by atoms with Crippen LogP contribution in [-0.4, -0.2) is 27.9 Å². The summed E-state index contributed by atoms with van der Waals surface area (Å²) in [5.74, 6) is 0.107. The van der Waals surface area contributed by atoms with Crippen molar-refractivity contribution >= 4 is 17.6 Å². The minimum absolute atomic E-state index is 0.0394. The first kappa shape index (κ1) is 14.9. The molecule has 1 saturated carbocycles. The van der Waals surface area contributed by atoms with Crippen molar-refractivity contribution in [3.05, 3.63) is 34.5 Å². The molecule has 1 heterocycles. The van der Waals surface area contributed by atoms with E-state index in [0.717, 1.165) is 5.56 Å². The number of nitrogens with one attached hydrogen (secondary N) is 1. The van der Waals surface area contributed by atoms with Crippen LogP contribution in [0.2, 0.25) is 5.02 Å². The van der Waals surface area contributed by atoms with E-state index in [0.29, 0.717) is 34.6 Å². The summed E-state index contributed by atoms with van der Waals surface area (Å²) in [6.07, 6.45) is 3.62. The lowest BCUT2D eigenvalue weighted by Crippen LogP contribution is -2.19. The smallest absolute Gasteiger partial charge is 0.353 e. The first-order chi connectivity index (χ1) is 10.5. The Morgan fingerprint density at radius 2 is 2.23 bits per heavy atom.